The summed E-state index contributed by atoms with van der Waals surface area (Å²) >= 11 is 0. The Morgan fingerprint density at radius 2 is 1.20 bits per heavy atom. The van der Waals surface area contributed by atoms with E-state index in [1.54, 1.807) is 0 Å². The number of benzene rings is 2. The number of fused-ring (bicyclic) bond motifs is 1. The van der Waals surface area contributed by atoms with Crippen molar-refractivity contribution in [1.29, 1.82) is 0 Å². The molecule has 0 radical (unpaired) electrons. The first-order valence-electron chi connectivity index (χ1n) is 10.2. The molecule has 30 heavy (non-hydrogen) atoms. The van der Waals surface area contributed by atoms with Crippen LogP contribution in [0.2, 0.25) is 0 Å². The van der Waals surface area contributed by atoms with Crippen LogP contribution in [0.15, 0.2) is 60.7 Å². The van der Waals surface area contributed by atoms with Crippen molar-refractivity contribution in [2.24, 2.45) is 0 Å². The van der Waals surface area contributed by atoms with E-state index in [2.05, 4.69) is 0 Å². The van der Waals surface area contributed by atoms with Gasteiger partial charge in [-0.15, -0.1) is 0 Å². The number of sulfone groups is 1. The molecule has 4 rings (SSSR count). The van der Waals surface area contributed by atoms with Crippen molar-refractivity contribution in [2.75, 3.05) is 11.5 Å². The molecule has 2 aliphatic heterocycles. The van der Waals surface area contributed by atoms with Gasteiger partial charge in [-0.3, -0.25) is 0 Å². The van der Waals surface area contributed by atoms with Gasteiger partial charge in [-0.25, -0.2) is 8.42 Å². The molecular weight excluding hydrogens is 404 g/mol. The number of rotatable bonds is 6. The van der Waals surface area contributed by atoms with Crippen molar-refractivity contribution in [2.45, 2.75) is 57.3 Å². The van der Waals surface area contributed by atoms with Crippen molar-refractivity contribution in [3.8, 4) is 0 Å². The van der Waals surface area contributed by atoms with Crippen LogP contribution in [0.4, 0.5) is 0 Å². The van der Waals surface area contributed by atoms with Gasteiger partial charge >= 0.3 is 0 Å². The van der Waals surface area contributed by atoms with Crippen LogP contribution in [0.5, 0.6) is 0 Å². The summed E-state index contributed by atoms with van der Waals surface area (Å²) in [6.07, 6.45) is -2.32. The molecule has 0 bridgehead atoms. The van der Waals surface area contributed by atoms with Crippen molar-refractivity contribution in [3.63, 3.8) is 0 Å². The Hall–Kier alpha value is -1.77. The lowest BCUT2D eigenvalue weighted by Crippen LogP contribution is -2.43. The highest BCUT2D eigenvalue weighted by atomic mass is 32.2. The third-order valence-electron chi connectivity index (χ3n) is 5.35. The van der Waals surface area contributed by atoms with E-state index < -0.39 is 40.0 Å². The minimum absolute atomic E-state index is 0.119. The summed E-state index contributed by atoms with van der Waals surface area (Å²) in [7, 11) is -3.42. The fraction of sp³-hybridized carbons (Fsp3) is 0.478. The summed E-state index contributed by atoms with van der Waals surface area (Å²) in [5.74, 6) is -1.07. The summed E-state index contributed by atoms with van der Waals surface area (Å²) in [4.78, 5) is 0. The van der Waals surface area contributed by atoms with Crippen LogP contribution in [0, 0.1) is 0 Å². The van der Waals surface area contributed by atoms with Crippen LogP contribution in [-0.2, 0) is 42.0 Å². The van der Waals surface area contributed by atoms with Gasteiger partial charge in [-0.05, 0) is 25.0 Å². The second kappa shape index (κ2) is 8.77. The molecule has 6 nitrogen and oxygen atoms in total. The van der Waals surface area contributed by atoms with Crippen LogP contribution in [0.1, 0.15) is 25.0 Å². The smallest absolute Gasteiger partial charge is 0.164 e. The van der Waals surface area contributed by atoms with Crippen LogP contribution in [0.25, 0.3) is 0 Å². The highest BCUT2D eigenvalue weighted by Gasteiger charge is 2.53. The van der Waals surface area contributed by atoms with Crippen molar-refractivity contribution < 1.29 is 27.4 Å². The van der Waals surface area contributed by atoms with E-state index in [0.717, 1.165) is 11.1 Å². The Morgan fingerprint density at radius 1 is 0.800 bits per heavy atom. The van der Waals surface area contributed by atoms with E-state index in [4.69, 9.17) is 18.9 Å². The fourth-order valence-corrected chi connectivity index (χ4v) is 5.70. The standard InChI is InChI=1S/C23H28O6S/c1-23(2)28-21-19(26-13-17-9-5-3-6-10-17)15-30(24,25)16-20(22(21)29-23)27-14-18-11-7-4-8-12-18/h3-12,19-22H,13-16H2,1-2H3/t19-,20-,21-,22-/m1/s1. The van der Waals surface area contributed by atoms with Gasteiger partial charge in [0.25, 0.3) is 0 Å². The maximum atomic E-state index is 12.8. The van der Waals surface area contributed by atoms with E-state index >= 15 is 0 Å². The number of ether oxygens (including phenoxy) is 4. The average Bonchev–Trinajstić information content (AvgIpc) is 3.00. The minimum Gasteiger partial charge on any atom is -0.370 e. The molecule has 2 aromatic rings. The highest BCUT2D eigenvalue weighted by molar-refractivity contribution is 7.91. The van der Waals surface area contributed by atoms with Gasteiger partial charge in [-0.1, -0.05) is 60.7 Å². The Morgan fingerprint density at radius 3 is 1.60 bits per heavy atom. The molecule has 7 heteroatoms. The first-order chi connectivity index (χ1) is 14.3. The van der Waals surface area contributed by atoms with Crippen LogP contribution in [0.3, 0.4) is 0 Å². The van der Waals surface area contributed by atoms with E-state index in [-0.39, 0.29) is 11.5 Å². The van der Waals surface area contributed by atoms with Gasteiger partial charge in [0, 0.05) is 0 Å². The van der Waals surface area contributed by atoms with Gasteiger partial charge in [0.15, 0.2) is 15.6 Å². The summed E-state index contributed by atoms with van der Waals surface area (Å²) in [6, 6.07) is 19.4. The maximum Gasteiger partial charge on any atom is 0.164 e. The second-order valence-electron chi connectivity index (χ2n) is 8.31. The summed E-state index contributed by atoms with van der Waals surface area (Å²) in [5, 5.41) is 0. The maximum absolute atomic E-state index is 12.8. The Kier molecular flexibility index (Phi) is 6.27. The molecule has 0 aliphatic carbocycles. The molecule has 0 aromatic heterocycles. The van der Waals surface area contributed by atoms with Crippen LogP contribution >= 0.6 is 0 Å². The largest absolute Gasteiger partial charge is 0.370 e. The molecule has 2 aliphatic rings. The predicted octanol–water partition coefficient (Wildman–Crippen LogP) is 3.11. The molecule has 0 N–H and O–H groups in total. The molecule has 162 valence electrons. The second-order valence-corrected chi connectivity index (χ2v) is 10.5. The van der Waals surface area contributed by atoms with Gasteiger partial charge in [0.1, 0.15) is 24.4 Å². The third-order valence-corrected chi connectivity index (χ3v) is 7.02. The zero-order chi connectivity index (χ0) is 21.2. The summed E-state index contributed by atoms with van der Waals surface area (Å²) < 4.78 is 50.0. The summed E-state index contributed by atoms with van der Waals surface area (Å²) in [6.45, 7) is 4.28. The first-order valence-corrected chi connectivity index (χ1v) is 12.0. The summed E-state index contributed by atoms with van der Waals surface area (Å²) in [5.41, 5.74) is 1.96. The SMILES string of the molecule is CC1(C)O[C@H]2[C@H](O1)[C@H](OCc1ccccc1)CS(=O)(=O)C[C@H]2OCc1ccccc1. The topological polar surface area (TPSA) is 71.1 Å². The molecular formula is C23H28O6S. The van der Waals surface area contributed by atoms with E-state index in [1.165, 1.54) is 0 Å². The molecule has 0 amide bonds. The molecule has 2 aromatic carbocycles. The van der Waals surface area contributed by atoms with E-state index in [0.29, 0.717) is 13.2 Å². The molecule has 4 atom stereocenters. The number of hydrogen-bond acceptors (Lipinski definition) is 6. The quantitative estimate of drug-likeness (QED) is 0.699. The zero-order valence-electron chi connectivity index (χ0n) is 17.3. The van der Waals surface area contributed by atoms with Gasteiger partial charge in [0.2, 0.25) is 0 Å². The lowest BCUT2D eigenvalue weighted by Gasteiger charge is -2.26. The first kappa shape index (κ1) is 21.5. The molecule has 2 saturated heterocycles. The monoisotopic (exact) mass is 432 g/mol. The zero-order valence-corrected chi connectivity index (χ0v) is 18.1. The van der Waals surface area contributed by atoms with Gasteiger partial charge < -0.3 is 18.9 Å². The van der Waals surface area contributed by atoms with Gasteiger partial charge in [-0.2, -0.15) is 0 Å². The molecule has 2 fully saturated rings. The molecule has 0 spiro atoms. The van der Waals surface area contributed by atoms with Crippen molar-refractivity contribution in [1.82, 2.24) is 0 Å². The van der Waals surface area contributed by atoms with Crippen molar-refractivity contribution in [3.05, 3.63) is 71.8 Å². The molecule has 2 heterocycles. The Labute approximate surface area is 178 Å². The van der Waals surface area contributed by atoms with Crippen LogP contribution in [-0.4, -0.2) is 50.1 Å². The molecule has 0 saturated carbocycles. The van der Waals surface area contributed by atoms with Crippen LogP contribution < -0.4 is 0 Å². The highest BCUT2D eigenvalue weighted by Crippen LogP contribution is 2.37. The Balaban J connectivity index is 1.53. The fourth-order valence-electron chi connectivity index (χ4n) is 3.99. The van der Waals surface area contributed by atoms with E-state index in [1.807, 2.05) is 74.5 Å². The third kappa shape index (κ3) is 5.28. The van der Waals surface area contributed by atoms with Crippen molar-refractivity contribution >= 4 is 9.84 Å². The average molecular weight is 433 g/mol. The lowest BCUT2D eigenvalue weighted by atomic mass is 10.0. The Bertz CT molecular complexity index is 859. The molecule has 0 unspecified atom stereocenters. The lowest BCUT2D eigenvalue weighted by molar-refractivity contribution is -0.165. The van der Waals surface area contributed by atoms with E-state index in [9.17, 15) is 8.42 Å². The predicted molar refractivity (Wildman–Crippen MR) is 113 cm³/mol. The number of hydrogen-bond donors (Lipinski definition) is 0. The van der Waals surface area contributed by atoms with Gasteiger partial charge in [0.05, 0.1) is 24.7 Å². The normalized spacial score (nSPS) is 29.8. The minimum atomic E-state index is -3.42.